The van der Waals surface area contributed by atoms with Gasteiger partial charge in [0.1, 0.15) is 5.01 Å². The van der Waals surface area contributed by atoms with Crippen LogP contribution in [0.25, 0.3) is 0 Å². The predicted molar refractivity (Wildman–Crippen MR) is 122 cm³/mol. The molecule has 2 N–H and O–H groups in total. The van der Waals surface area contributed by atoms with E-state index < -0.39 is 0 Å². The number of thiazole rings is 1. The van der Waals surface area contributed by atoms with Gasteiger partial charge in [-0.15, -0.1) is 35.3 Å². The van der Waals surface area contributed by atoms with Gasteiger partial charge in [-0.2, -0.15) is 5.10 Å². The highest BCUT2D eigenvalue weighted by atomic mass is 127. The maximum atomic E-state index is 4.69. The van der Waals surface area contributed by atoms with E-state index >= 15 is 0 Å². The van der Waals surface area contributed by atoms with Gasteiger partial charge in [0.25, 0.3) is 0 Å². The molecule has 0 aliphatic carbocycles. The van der Waals surface area contributed by atoms with Gasteiger partial charge < -0.3 is 10.6 Å². The van der Waals surface area contributed by atoms with Gasteiger partial charge in [-0.1, -0.05) is 24.3 Å². The summed E-state index contributed by atoms with van der Waals surface area (Å²) < 4.78 is 1.92. The van der Waals surface area contributed by atoms with Crippen molar-refractivity contribution in [3.05, 3.63) is 69.9 Å². The zero-order valence-corrected chi connectivity index (χ0v) is 18.7. The Balaban J connectivity index is 0.00000261. The molecule has 2 aromatic heterocycles. The molecule has 0 saturated carbocycles. The number of halogens is 1. The quantitative estimate of drug-likeness (QED) is 0.298. The van der Waals surface area contributed by atoms with Crippen molar-refractivity contribution in [1.29, 1.82) is 0 Å². The molecule has 3 aromatic rings. The molecule has 0 aliphatic rings. The number of rotatable bonds is 7. The summed E-state index contributed by atoms with van der Waals surface area (Å²) in [6.45, 7) is 7.03. The number of nitrogens with one attached hydrogen (secondary N) is 2. The molecule has 0 bridgehead atoms. The van der Waals surface area contributed by atoms with Crippen molar-refractivity contribution in [3.63, 3.8) is 0 Å². The zero-order valence-electron chi connectivity index (χ0n) is 15.6. The molecule has 0 atom stereocenters. The van der Waals surface area contributed by atoms with Gasteiger partial charge in [0.15, 0.2) is 5.96 Å². The van der Waals surface area contributed by atoms with Crippen LogP contribution in [0.1, 0.15) is 27.9 Å². The molecule has 27 heavy (non-hydrogen) atoms. The summed E-state index contributed by atoms with van der Waals surface area (Å²) in [5, 5.41) is 11.9. The number of aromatic nitrogens is 3. The molecule has 0 spiro atoms. The van der Waals surface area contributed by atoms with Crippen LogP contribution in [0.5, 0.6) is 0 Å². The first kappa shape index (κ1) is 21.4. The lowest BCUT2D eigenvalue weighted by atomic mass is 10.1. The topological polar surface area (TPSA) is 67.1 Å². The van der Waals surface area contributed by atoms with Crippen LogP contribution in [0.15, 0.2) is 53.9 Å². The maximum absolute atomic E-state index is 4.69. The second-order valence-corrected chi connectivity index (χ2v) is 7.26. The van der Waals surface area contributed by atoms with E-state index in [1.54, 1.807) is 17.5 Å². The molecule has 6 nitrogen and oxygen atoms in total. The lowest BCUT2D eigenvalue weighted by molar-refractivity contribution is 0.686. The Morgan fingerprint density at radius 2 is 2.07 bits per heavy atom. The van der Waals surface area contributed by atoms with Crippen molar-refractivity contribution in [2.45, 2.75) is 33.5 Å². The molecule has 8 heteroatoms. The highest BCUT2D eigenvalue weighted by Crippen LogP contribution is 2.11. The van der Waals surface area contributed by atoms with Gasteiger partial charge in [0.05, 0.1) is 19.6 Å². The van der Waals surface area contributed by atoms with E-state index in [0.29, 0.717) is 13.1 Å². The van der Waals surface area contributed by atoms with Crippen molar-refractivity contribution in [3.8, 4) is 0 Å². The van der Waals surface area contributed by atoms with Gasteiger partial charge in [0, 0.05) is 30.0 Å². The predicted octanol–water partition coefficient (Wildman–Crippen LogP) is 3.57. The Morgan fingerprint density at radius 3 is 2.78 bits per heavy atom. The number of guanidine groups is 1. The van der Waals surface area contributed by atoms with E-state index in [1.807, 2.05) is 23.1 Å². The second-order valence-electron chi connectivity index (χ2n) is 5.94. The average Bonchev–Trinajstić information content (AvgIpc) is 3.29. The zero-order chi connectivity index (χ0) is 18.2. The van der Waals surface area contributed by atoms with Gasteiger partial charge in [-0.05, 0) is 31.0 Å². The molecule has 2 heterocycles. The number of hydrogen-bond donors (Lipinski definition) is 2. The van der Waals surface area contributed by atoms with Gasteiger partial charge >= 0.3 is 0 Å². The summed E-state index contributed by atoms with van der Waals surface area (Å²) >= 11 is 1.70. The molecule has 0 amide bonds. The largest absolute Gasteiger partial charge is 0.357 e. The molecular weight excluding hydrogens is 471 g/mol. The first-order chi connectivity index (χ1) is 12.7. The molecule has 144 valence electrons. The van der Waals surface area contributed by atoms with Crippen molar-refractivity contribution in [2.24, 2.45) is 4.99 Å². The standard InChI is InChI=1S/C19H24N6S.HI/c1-3-20-19(23-13-18-21-11-15(2)26-18)22-12-16-6-4-7-17(10-16)14-25-9-5-8-24-25;/h4-11H,3,12-14H2,1-2H3,(H2,20,22,23);1H. The van der Waals surface area contributed by atoms with E-state index in [-0.39, 0.29) is 24.0 Å². The van der Waals surface area contributed by atoms with Gasteiger partial charge in [0.2, 0.25) is 0 Å². The molecule has 0 radical (unpaired) electrons. The van der Waals surface area contributed by atoms with E-state index in [9.17, 15) is 0 Å². The Bertz CT molecular complexity index is 844. The monoisotopic (exact) mass is 496 g/mol. The van der Waals surface area contributed by atoms with Crippen molar-refractivity contribution >= 4 is 41.3 Å². The summed E-state index contributed by atoms with van der Waals surface area (Å²) in [5.41, 5.74) is 2.40. The molecule has 0 unspecified atom stereocenters. The summed E-state index contributed by atoms with van der Waals surface area (Å²) in [4.78, 5) is 10.3. The van der Waals surface area contributed by atoms with Gasteiger partial charge in [-0.25, -0.2) is 9.98 Å². The van der Waals surface area contributed by atoms with Crippen LogP contribution in [0.4, 0.5) is 0 Å². The van der Waals surface area contributed by atoms with E-state index in [4.69, 9.17) is 4.99 Å². The van der Waals surface area contributed by atoms with Crippen LogP contribution in [0, 0.1) is 6.92 Å². The lowest BCUT2D eigenvalue weighted by Crippen LogP contribution is -2.36. The summed E-state index contributed by atoms with van der Waals surface area (Å²) in [7, 11) is 0. The fourth-order valence-corrected chi connectivity index (χ4v) is 3.29. The number of nitrogens with zero attached hydrogens (tertiary/aromatic N) is 4. The van der Waals surface area contributed by atoms with E-state index in [0.717, 1.165) is 24.1 Å². The normalized spacial score (nSPS) is 11.1. The Labute approximate surface area is 181 Å². The third-order valence-corrected chi connectivity index (χ3v) is 4.65. The Kier molecular flexibility index (Phi) is 8.73. The number of hydrogen-bond acceptors (Lipinski definition) is 4. The highest BCUT2D eigenvalue weighted by molar-refractivity contribution is 14.0. The third-order valence-electron chi connectivity index (χ3n) is 3.74. The maximum Gasteiger partial charge on any atom is 0.191 e. The molecule has 3 rings (SSSR count). The average molecular weight is 496 g/mol. The first-order valence-corrected chi connectivity index (χ1v) is 9.53. The summed E-state index contributed by atoms with van der Waals surface area (Å²) in [5.74, 6) is 0.804. The molecule has 0 saturated heterocycles. The van der Waals surface area contributed by atoms with Crippen LogP contribution in [-0.4, -0.2) is 27.3 Å². The van der Waals surface area contributed by atoms with E-state index in [2.05, 4.69) is 58.8 Å². The molecule has 0 aliphatic heterocycles. The molecule has 0 fully saturated rings. The number of benzene rings is 1. The minimum atomic E-state index is 0. The van der Waals surface area contributed by atoms with Crippen molar-refractivity contribution in [2.75, 3.05) is 6.54 Å². The van der Waals surface area contributed by atoms with E-state index in [1.165, 1.54) is 16.0 Å². The van der Waals surface area contributed by atoms with Crippen LogP contribution < -0.4 is 10.6 Å². The summed E-state index contributed by atoms with van der Waals surface area (Å²) in [6, 6.07) is 10.4. The Hall–Kier alpha value is -1.94. The first-order valence-electron chi connectivity index (χ1n) is 8.71. The third kappa shape index (κ3) is 6.94. The molecular formula is C19H25IN6S. The number of aryl methyl sites for hydroxylation is 1. The van der Waals surface area contributed by atoms with Crippen molar-refractivity contribution < 1.29 is 0 Å². The number of aliphatic imine (C=N–C) groups is 1. The molecule has 1 aromatic carbocycles. The lowest BCUT2D eigenvalue weighted by Gasteiger charge is -2.10. The fraction of sp³-hybridized carbons (Fsp3) is 0.316. The minimum absolute atomic E-state index is 0. The SMILES string of the molecule is CCNC(=NCc1cccc(Cn2cccn2)c1)NCc1ncc(C)s1.I. The Morgan fingerprint density at radius 1 is 1.22 bits per heavy atom. The fourth-order valence-electron chi connectivity index (χ4n) is 2.56. The van der Waals surface area contributed by atoms with Crippen LogP contribution in [-0.2, 0) is 19.6 Å². The summed E-state index contributed by atoms with van der Waals surface area (Å²) in [6.07, 6.45) is 5.67. The van der Waals surface area contributed by atoms with Crippen LogP contribution in [0.3, 0.4) is 0 Å². The minimum Gasteiger partial charge on any atom is -0.357 e. The second kappa shape index (κ2) is 11.0. The van der Waals surface area contributed by atoms with Gasteiger partial charge in [-0.3, -0.25) is 4.68 Å². The van der Waals surface area contributed by atoms with Crippen LogP contribution >= 0.6 is 35.3 Å². The van der Waals surface area contributed by atoms with Crippen LogP contribution in [0.2, 0.25) is 0 Å². The van der Waals surface area contributed by atoms with Crippen molar-refractivity contribution in [1.82, 2.24) is 25.4 Å². The smallest absolute Gasteiger partial charge is 0.191 e. The highest BCUT2D eigenvalue weighted by Gasteiger charge is 2.02.